The average Bonchev–Trinajstić information content (AvgIpc) is 2.96. The number of esters is 1. The van der Waals surface area contributed by atoms with Crippen molar-refractivity contribution in [2.24, 2.45) is 0 Å². The van der Waals surface area contributed by atoms with Crippen molar-refractivity contribution >= 4 is 18.0 Å². The SMILES string of the molecule is CCOC(=O)/C(=C/c1cnc(CC)n1Cc1ccccc1)CC(=O)O. The molecule has 1 aromatic carbocycles. The van der Waals surface area contributed by atoms with E-state index in [9.17, 15) is 9.59 Å². The van der Waals surface area contributed by atoms with Crippen LogP contribution in [0, 0.1) is 0 Å². The van der Waals surface area contributed by atoms with Crippen molar-refractivity contribution in [3.63, 3.8) is 0 Å². The van der Waals surface area contributed by atoms with Crippen molar-refractivity contribution in [1.29, 1.82) is 0 Å². The lowest BCUT2D eigenvalue weighted by molar-refractivity contribution is -0.142. The van der Waals surface area contributed by atoms with Gasteiger partial charge in [0.25, 0.3) is 0 Å². The predicted octanol–water partition coefficient (Wildman–Crippen LogP) is 2.92. The number of hydrogen-bond acceptors (Lipinski definition) is 4. The number of aromatic nitrogens is 2. The summed E-state index contributed by atoms with van der Waals surface area (Å²) in [5.41, 5.74) is 1.89. The molecule has 2 rings (SSSR count). The number of aliphatic carboxylic acids is 1. The Hall–Kier alpha value is -2.89. The van der Waals surface area contributed by atoms with Gasteiger partial charge in [0.05, 0.1) is 30.5 Å². The number of hydrogen-bond donors (Lipinski definition) is 1. The van der Waals surface area contributed by atoms with Crippen molar-refractivity contribution in [3.05, 3.63) is 59.2 Å². The second-order valence-electron chi connectivity index (χ2n) is 5.49. The van der Waals surface area contributed by atoms with Gasteiger partial charge in [-0.3, -0.25) is 4.79 Å². The molecular formula is C19H22N2O4. The topological polar surface area (TPSA) is 81.4 Å². The van der Waals surface area contributed by atoms with Gasteiger partial charge in [0, 0.05) is 13.0 Å². The molecule has 0 aliphatic rings. The maximum absolute atomic E-state index is 12.0. The molecule has 0 unspecified atom stereocenters. The molecule has 0 saturated heterocycles. The minimum absolute atomic E-state index is 0.103. The second kappa shape index (κ2) is 8.82. The normalized spacial score (nSPS) is 11.4. The quantitative estimate of drug-likeness (QED) is 0.589. The third-order valence-electron chi connectivity index (χ3n) is 3.67. The van der Waals surface area contributed by atoms with Crippen LogP contribution in [0.3, 0.4) is 0 Å². The highest BCUT2D eigenvalue weighted by atomic mass is 16.5. The number of benzene rings is 1. The molecule has 0 radical (unpaired) electrons. The van der Waals surface area contributed by atoms with E-state index in [-0.39, 0.29) is 12.2 Å². The fourth-order valence-electron chi connectivity index (χ4n) is 2.52. The van der Waals surface area contributed by atoms with E-state index in [0.29, 0.717) is 12.2 Å². The number of carboxylic acids is 1. The highest BCUT2D eigenvalue weighted by molar-refractivity contribution is 5.97. The van der Waals surface area contributed by atoms with Crippen LogP contribution in [0.4, 0.5) is 0 Å². The van der Waals surface area contributed by atoms with Crippen molar-refractivity contribution in [1.82, 2.24) is 9.55 Å². The Labute approximate surface area is 146 Å². The number of nitrogens with zero attached hydrogens (tertiary/aromatic N) is 2. The first-order chi connectivity index (χ1) is 12.0. The predicted molar refractivity (Wildman–Crippen MR) is 94.0 cm³/mol. The van der Waals surface area contributed by atoms with E-state index in [0.717, 1.165) is 17.8 Å². The Balaban J connectivity index is 2.40. The van der Waals surface area contributed by atoms with Crippen LogP contribution in [-0.4, -0.2) is 33.2 Å². The molecule has 1 aromatic heterocycles. The van der Waals surface area contributed by atoms with Gasteiger partial charge in [-0.1, -0.05) is 37.3 Å². The Kier molecular flexibility index (Phi) is 6.51. The van der Waals surface area contributed by atoms with Crippen LogP contribution in [0.1, 0.15) is 37.4 Å². The van der Waals surface area contributed by atoms with Crippen molar-refractivity contribution in [2.75, 3.05) is 6.61 Å². The standard InChI is InChI=1S/C19H22N2O4/c1-3-17-20-12-16(21(17)13-14-8-6-5-7-9-14)10-15(11-18(22)23)19(24)25-4-2/h5-10,12H,3-4,11,13H2,1-2H3,(H,22,23)/b15-10+. The number of imidazole rings is 1. The summed E-state index contributed by atoms with van der Waals surface area (Å²) in [7, 11) is 0. The smallest absolute Gasteiger partial charge is 0.334 e. The minimum atomic E-state index is -1.08. The number of carbonyl (C=O) groups is 2. The summed E-state index contributed by atoms with van der Waals surface area (Å²) in [5, 5.41) is 9.06. The maximum Gasteiger partial charge on any atom is 0.334 e. The monoisotopic (exact) mass is 342 g/mol. The first-order valence-electron chi connectivity index (χ1n) is 8.23. The number of carboxylic acid groups (broad SMARTS) is 1. The summed E-state index contributed by atoms with van der Waals surface area (Å²) in [6, 6.07) is 9.89. The van der Waals surface area contributed by atoms with Gasteiger partial charge in [-0.05, 0) is 18.6 Å². The first kappa shape index (κ1) is 18.4. The largest absolute Gasteiger partial charge is 0.481 e. The van der Waals surface area contributed by atoms with Crippen molar-refractivity contribution in [3.8, 4) is 0 Å². The molecule has 0 bridgehead atoms. The molecule has 25 heavy (non-hydrogen) atoms. The van der Waals surface area contributed by atoms with E-state index in [1.165, 1.54) is 0 Å². The second-order valence-corrected chi connectivity index (χ2v) is 5.49. The number of ether oxygens (including phenoxy) is 1. The minimum Gasteiger partial charge on any atom is -0.481 e. The summed E-state index contributed by atoms with van der Waals surface area (Å²) in [5.74, 6) is -0.826. The van der Waals surface area contributed by atoms with E-state index >= 15 is 0 Å². The van der Waals surface area contributed by atoms with Crippen molar-refractivity contribution < 1.29 is 19.4 Å². The molecule has 0 aliphatic carbocycles. The molecule has 6 heteroatoms. The fourth-order valence-corrected chi connectivity index (χ4v) is 2.52. The zero-order chi connectivity index (χ0) is 18.2. The Morgan fingerprint density at radius 3 is 2.56 bits per heavy atom. The highest BCUT2D eigenvalue weighted by Gasteiger charge is 2.17. The molecule has 132 valence electrons. The van der Waals surface area contributed by atoms with E-state index in [2.05, 4.69) is 4.98 Å². The summed E-state index contributed by atoms with van der Waals surface area (Å²) in [4.78, 5) is 27.5. The van der Waals surface area contributed by atoms with Gasteiger partial charge in [-0.15, -0.1) is 0 Å². The third-order valence-corrected chi connectivity index (χ3v) is 3.67. The Bertz CT molecular complexity index is 763. The molecule has 0 saturated carbocycles. The van der Waals surface area contributed by atoms with Crippen LogP contribution >= 0.6 is 0 Å². The summed E-state index contributed by atoms with van der Waals surface area (Å²) in [6.07, 6.45) is 3.55. The number of carbonyl (C=O) groups excluding carboxylic acids is 1. The zero-order valence-corrected chi connectivity index (χ0v) is 14.4. The van der Waals surface area contributed by atoms with Crippen LogP contribution in [0.25, 0.3) is 6.08 Å². The summed E-state index contributed by atoms with van der Waals surface area (Å²) < 4.78 is 6.95. The van der Waals surface area contributed by atoms with E-state index in [1.807, 2.05) is 41.8 Å². The lowest BCUT2D eigenvalue weighted by atomic mass is 10.1. The van der Waals surface area contributed by atoms with Gasteiger partial charge in [0.15, 0.2) is 0 Å². The molecule has 0 atom stereocenters. The summed E-state index contributed by atoms with van der Waals surface area (Å²) in [6.45, 7) is 4.48. The molecule has 2 aromatic rings. The lowest BCUT2D eigenvalue weighted by Gasteiger charge is -2.11. The molecule has 1 heterocycles. The van der Waals surface area contributed by atoms with Crippen LogP contribution in [0.5, 0.6) is 0 Å². The average molecular weight is 342 g/mol. The molecule has 0 spiro atoms. The zero-order valence-electron chi connectivity index (χ0n) is 14.4. The van der Waals surface area contributed by atoms with Gasteiger partial charge < -0.3 is 14.4 Å². The molecule has 6 nitrogen and oxygen atoms in total. The molecular weight excluding hydrogens is 320 g/mol. The van der Waals surface area contributed by atoms with E-state index in [1.54, 1.807) is 19.2 Å². The van der Waals surface area contributed by atoms with E-state index in [4.69, 9.17) is 9.84 Å². The Morgan fingerprint density at radius 2 is 1.96 bits per heavy atom. The van der Waals surface area contributed by atoms with Gasteiger partial charge in [-0.2, -0.15) is 0 Å². The van der Waals surface area contributed by atoms with E-state index < -0.39 is 18.4 Å². The number of rotatable bonds is 8. The van der Waals surface area contributed by atoms with Crippen LogP contribution in [0.2, 0.25) is 0 Å². The van der Waals surface area contributed by atoms with Crippen LogP contribution < -0.4 is 0 Å². The molecule has 0 fully saturated rings. The molecule has 0 amide bonds. The number of aryl methyl sites for hydroxylation is 1. The first-order valence-corrected chi connectivity index (χ1v) is 8.23. The summed E-state index contributed by atoms with van der Waals surface area (Å²) >= 11 is 0. The molecule has 0 aliphatic heterocycles. The highest BCUT2D eigenvalue weighted by Crippen LogP contribution is 2.16. The van der Waals surface area contributed by atoms with Gasteiger partial charge in [0.1, 0.15) is 5.82 Å². The van der Waals surface area contributed by atoms with Gasteiger partial charge in [0.2, 0.25) is 0 Å². The van der Waals surface area contributed by atoms with Gasteiger partial charge >= 0.3 is 11.9 Å². The van der Waals surface area contributed by atoms with Crippen LogP contribution in [0.15, 0.2) is 42.1 Å². The maximum atomic E-state index is 12.0. The Morgan fingerprint density at radius 1 is 1.24 bits per heavy atom. The fraction of sp³-hybridized carbons (Fsp3) is 0.316. The van der Waals surface area contributed by atoms with Crippen LogP contribution in [-0.2, 0) is 27.3 Å². The van der Waals surface area contributed by atoms with Crippen molar-refractivity contribution in [2.45, 2.75) is 33.2 Å². The third kappa shape index (κ3) is 5.04. The van der Waals surface area contributed by atoms with Gasteiger partial charge in [-0.25, -0.2) is 9.78 Å². The molecule has 1 N–H and O–H groups in total. The lowest BCUT2D eigenvalue weighted by Crippen LogP contribution is -2.12.